The number of ether oxygens (including phenoxy) is 1. The molecule has 6 nitrogen and oxygen atoms in total. The van der Waals surface area contributed by atoms with E-state index in [0.717, 1.165) is 5.56 Å². The van der Waals surface area contributed by atoms with Gasteiger partial charge in [-0.05, 0) is 17.7 Å². The molecule has 2 aromatic heterocycles. The summed E-state index contributed by atoms with van der Waals surface area (Å²) in [6.45, 7) is 0.625. The highest BCUT2D eigenvalue weighted by molar-refractivity contribution is 6.30. The SMILES string of the molecule is CNc1nc(OC)nc2c1ncn2Cc1cccc(Cl)c1. The second kappa shape index (κ2) is 5.57. The number of imidazole rings is 1. The van der Waals surface area contributed by atoms with Crippen LogP contribution in [0, 0.1) is 0 Å². The molecular weight excluding hydrogens is 290 g/mol. The zero-order valence-corrected chi connectivity index (χ0v) is 12.4. The first-order valence-corrected chi connectivity index (χ1v) is 6.78. The van der Waals surface area contributed by atoms with Gasteiger partial charge in [-0.3, -0.25) is 0 Å². The van der Waals surface area contributed by atoms with Crippen LogP contribution >= 0.6 is 11.6 Å². The summed E-state index contributed by atoms with van der Waals surface area (Å²) in [4.78, 5) is 13.0. The summed E-state index contributed by atoms with van der Waals surface area (Å²) < 4.78 is 7.07. The molecule has 0 aliphatic heterocycles. The Balaban J connectivity index is 2.07. The predicted octanol–water partition coefficient (Wildman–Crippen LogP) is 2.58. The first-order valence-electron chi connectivity index (χ1n) is 6.40. The molecular formula is C14H14ClN5O. The number of hydrogen-bond acceptors (Lipinski definition) is 5. The Hall–Kier alpha value is -2.34. The van der Waals surface area contributed by atoms with E-state index in [9.17, 15) is 0 Å². The van der Waals surface area contributed by atoms with Crippen LogP contribution in [0.25, 0.3) is 11.2 Å². The van der Waals surface area contributed by atoms with E-state index >= 15 is 0 Å². The van der Waals surface area contributed by atoms with Crippen molar-refractivity contribution in [3.63, 3.8) is 0 Å². The molecule has 3 rings (SSSR count). The quantitative estimate of drug-likeness (QED) is 0.802. The number of anilines is 1. The van der Waals surface area contributed by atoms with Crippen molar-refractivity contribution in [3.05, 3.63) is 41.2 Å². The molecule has 0 fully saturated rings. The maximum atomic E-state index is 6.02. The average molecular weight is 304 g/mol. The molecule has 2 heterocycles. The smallest absolute Gasteiger partial charge is 0.320 e. The summed E-state index contributed by atoms with van der Waals surface area (Å²) >= 11 is 6.02. The molecule has 0 spiro atoms. The third-order valence-corrected chi connectivity index (χ3v) is 3.34. The molecule has 0 bridgehead atoms. The van der Waals surface area contributed by atoms with Gasteiger partial charge in [-0.15, -0.1) is 0 Å². The molecule has 0 saturated heterocycles. The van der Waals surface area contributed by atoms with Crippen molar-refractivity contribution < 1.29 is 4.74 Å². The van der Waals surface area contributed by atoms with E-state index in [2.05, 4.69) is 20.3 Å². The molecule has 1 aromatic carbocycles. The van der Waals surface area contributed by atoms with Crippen molar-refractivity contribution in [2.24, 2.45) is 0 Å². The van der Waals surface area contributed by atoms with Crippen molar-refractivity contribution >= 4 is 28.6 Å². The fraction of sp³-hybridized carbons (Fsp3) is 0.214. The largest absolute Gasteiger partial charge is 0.467 e. The lowest BCUT2D eigenvalue weighted by Gasteiger charge is -2.07. The first-order chi connectivity index (χ1) is 10.2. The van der Waals surface area contributed by atoms with E-state index in [4.69, 9.17) is 16.3 Å². The molecule has 3 aromatic rings. The molecule has 0 saturated carbocycles. The minimum atomic E-state index is 0.305. The van der Waals surface area contributed by atoms with Crippen molar-refractivity contribution in [2.75, 3.05) is 19.5 Å². The van der Waals surface area contributed by atoms with Crippen LogP contribution in [0.4, 0.5) is 5.82 Å². The van der Waals surface area contributed by atoms with E-state index < -0.39 is 0 Å². The van der Waals surface area contributed by atoms with E-state index in [1.165, 1.54) is 7.11 Å². The summed E-state index contributed by atoms with van der Waals surface area (Å²) in [6.07, 6.45) is 1.74. The van der Waals surface area contributed by atoms with E-state index in [0.29, 0.717) is 34.6 Å². The van der Waals surface area contributed by atoms with Crippen LogP contribution in [-0.2, 0) is 6.54 Å². The minimum absolute atomic E-state index is 0.305. The summed E-state index contributed by atoms with van der Waals surface area (Å²) in [5.41, 5.74) is 2.50. The van der Waals surface area contributed by atoms with Gasteiger partial charge < -0.3 is 14.6 Å². The van der Waals surface area contributed by atoms with Crippen LogP contribution in [0.1, 0.15) is 5.56 Å². The van der Waals surface area contributed by atoms with Gasteiger partial charge in [-0.25, -0.2) is 4.98 Å². The van der Waals surface area contributed by atoms with Gasteiger partial charge in [-0.1, -0.05) is 23.7 Å². The standard InChI is InChI=1S/C14H14ClN5O/c1-16-12-11-13(19-14(18-12)21-2)20(8-17-11)7-9-4-3-5-10(15)6-9/h3-6,8H,7H2,1-2H3,(H,16,18,19). The normalized spacial score (nSPS) is 10.8. The Kier molecular flexibility index (Phi) is 3.62. The maximum Gasteiger partial charge on any atom is 0.320 e. The van der Waals surface area contributed by atoms with Gasteiger partial charge in [0.05, 0.1) is 20.0 Å². The maximum absolute atomic E-state index is 6.02. The Morgan fingerprint density at radius 2 is 2.19 bits per heavy atom. The summed E-state index contributed by atoms with van der Waals surface area (Å²) in [5.74, 6) is 0.640. The topological polar surface area (TPSA) is 64.9 Å². The second-order valence-electron chi connectivity index (χ2n) is 4.48. The van der Waals surface area contributed by atoms with Gasteiger partial charge in [0.2, 0.25) is 0 Å². The van der Waals surface area contributed by atoms with E-state index in [1.54, 1.807) is 13.4 Å². The number of nitrogens with one attached hydrogen (secondary N) is 1. The van der Waals surface area contributed by atoms with Gasteiger partial charge in [-0.2, -0.15) is 9.97 Å². The number of hydrogen-bond donors (Lipinski definition) is 1. The zero-order valence-electron chi connectivity index (χ0n) is 11.7. The number of halogens is 1. The zero-order chi connectivity index (χ0) is 14.8. The van der Waals surface area contributed by atoms with Crippen molar-refractivity contribution in [1.29, 1.82) is 0 Å². The number of aromatic nitrogens is 4. The van der Waals surface area contributed by atoms with Crippen LogP contribution in [-0.4, -0.2) is 33.7 Å². The predicted molar refractivity (Wildman–Crippen MR) is 82.0 cm³/mol. The number of fused-ring (bicyclic) bond motifs is 1. The van der Waals surface area contributed by atoms with E-state index in [-0.39, 0.29) is 0 Å². The van der Waals surface area contributed by atoms with Crippen molar-refractivity contribution in [2.45, 2.75) is 6.54 Å². The molecule has 0 atom stereocenters. The van der Waals surface area contributed by atoms with E-state index in [1.807, 2.05) is 28.8 Å². The highest BCUT2D eigenvalue weighted by Crippen LogP contribution is 2.22. The Morgan fingerprint density at radius 3 is 2.90 bits per heavy atom. The third-order valence-electron chi connectivity index (χ3n) is 3.10. The Morgan fingerprint density at radius 1 is 1.33 bits per heavy atom. The molecule has 1 N–H and O–H groups in total. The van der Waals surface area contributed by atoms with Crippen LogP contribution in [0.15, 0.2) is 30.6 Å². The number of rotatable bonds is 4. The molecule has 0 aliphatic carbocycles. The lowest BCUT2D eigenvalue weighted by atomic mass is 10.2. The minimum Gasteiger partial charge on any atom is -0.467 e. The third kappa shape index (κ3) is 2.62. The lowest BCUT2D eigenvalue weighted by Crippen LogP contribution is -2.03. The highest BCUT2D eigenvalue weighted by atomic mass is 35.5. The molecule has 21 heavy (non-hydrogen) atoms. The van der Waals surface area contributed by atoms with Crippen molar-refractivity contribution in [1.82, 2.24) is 19.5 Å². The molecule has 0 amide bonds. The van der Waals surface area contributed by atoms with Gasteiger partial charge in [0.25, 0.3) is 0 Å². The summed E-state index contributed by atoms with van der Waals surface area (Å²) in [7, 11) is 3.33. The fourth-order valence-electron chi connectivity index (χ4n) is 2.14. The molecule has 108 valence electrons. The van der Waals surface area contributed by atoms with Gasteiger partial charge in [0, 0.05) is 12.1 Å². The van der Waals surface area contributed by atoms with Crippen LogP contribution in [0.3, 0.4) is 0 Å². The fourth-order valence-corrected chi connectivity index (χ4v) is 2.35. The lowest BCUT2D eigenvalue weighted by molar-refractivity contribution is 0.382. The van der Waals surface area contributed by atoms with Gasteiger partial charge in [0.15, 0.2) is 17.0 Å². The Labute approximate surface area is 126 Å². The van der Waals surface area contributed by atoms with Crippen LogP contribution in [0.5, 0.6) is 6.01 Å². The summed E-state index contributed by atoms with van der Waals surface area (Å²) in [5, 5.41) is 3.71. The van der Waals surface area contributed by atoms with Crippen LogP contribution in [0.2, 0.25) is 5.02 Å². The number of methoxy groups -OCH3 is 1. The van der Waals surface area contributed by atoms with Gasteiger partial charge in [0.1, 0.15) is 0 Å². The molecule has 0 radical (unpaired) electrons. The Bertz CT molecular complexity index is 786. The van der Waals surface area contributed by atoms with Crippen molar-refractivity contribution in [3.8, 4) is 6.01 Å². The monoisotopic (exact) mass is 303 g/mol. The number of benzene rings is 1. The summed E-state index contributed by atoms with van der Waals surface area (Å²) in [6, 6.07) is 8.01. The number of nitrogens with zero attached hydrogens (tertiary/aromatic N) is 4. The first kappa shape index (κ1) is 13.6. The molecule has 0 unspecified atom stereocenters. The second-order valence-corrected chi connectivity index (χ2v) is 4.92. The van der Waals surface area contributed by atoms with Crippen LogP contribution < -0.4 is 10.1 Å². The average Bonchev–Trinajstić information content (AvgIpc) is 2.89. The molecule has 7 heteroatoms. The van der Waals surface area contributed by atoms with Gasteiger partial charge >= 0.3 is 6.01 Å². The molecule has 0 aliphatic rings. The highest BCUT2D eigenvalue weighted by Gasteiger charge is 2.13.